The molecule has 0 unspecified atom stereocenters. The van der Waals surface area contributed by atoms with Crippen molar-refractivity contribution in [1.82, 2.24) is 9.88 Å². The molecule has 0 aliphatic carbocycles. The zero-order chi connectivity index (χ0) is 18.8. The zero-order valence-electron chi connectivity index (χ0n) is 15.7. The van der Waals surface area contributed by atoms with Gasteiger partial charge in [0.1, 0.15) is 5.82 Å². The van der Waals surface area contributed by atoms with Gasteiger partial charge < -0.3 is 10.2 Å². The normalized spacial score (nSPS) is 13.2. The van der Waals surface area contributed by atoms with E-state index in [-0.39, 0.29) is 5.91 Å². The molecular formula is C23H23N3O. The van der Waals surface area contributed by atoms with Crippen LogP contribution in [0.25, 0.3) is 0 Å². The number of rotatable bonds is 3. The summed E-state index contributed by atoms with van der Waals surface area (Å²) >= 11 is 0. The number of fused-ring (bicyclic) bond motifs is 1. The molecule has 0 saturated carbocycles. The number of carbonyl (C=O) groups excluding carboxylic acids is 1. The van der Waals surface area contributed by atoms with Crippen LogP contribution in [-0.4, -0.2) is 22.3 Å². The molecule has 1 aromatic heterocycles. The van der Waals surface area contributed by atoms with Gasteiger partial charge in [0.05, 0.1) is 0 Å². The molecular weight excluding hydrogens is 334 g/mol. The van der Waals surface area contributed by atoms with E-state index in [1.54, 1.807) is 12.3 Å². The third kappa shape index (κ3) is 3.70. The van der Waals surface area contributed by atoms with Crippen molar-refractivity contribution in [2.75, 3.05) is 11.9 Å². The third-order valence-electron chi connectivity index (χ3n) is 5.20. The number of hydrogen-bond donors (Lipinski definition) is 1. The van der Waals surface area contributed by atoms with E-state index in [0.29, 0.717) is 17.9 Å². The first-order chi connectivity index (χ1) is 13.1. The van der Waals surface area contributed by atoms with Gasteiger partial charge in [0, 0.05) is 30.5 Å². The van der Waals surface area contributed by atoms with Crippen molar-refractivity contribution in [3.8, 4) is 0 Å². The second kappa shape index (κ2) is 7.23. The number of aromatic nitrogens is 1. The molecule has 0 fully saturated rings. The molecule has 0 bridgehead atoms. The Balaban J connectivity index is 1.52. The van der Waals surface area contributed by atoms with Crippen LogP contribution in [0.2, 0.25) is 0 Å². The van der Waals surface area contributed by atoms with Crippen LogP contribution in [0.5, 0.6) is 0 Å². The van der Waals surface area contributed by atoms with Crippen LogP contribution in [0.4, 0.5) is 11.5 Å². The lowest BCUT2D eigenvalue weighted by molar-refractivity contribution is 0.0734. The zero-order valence-corrected chi connectivity index (χ0v) is 15.7. The lowest BCUT2D eigenvalue weighted by Crippen LogP contribution is -2.35. The van der Waals surface area contributed by atoms with E-state index in [4.69, 9.17) is 0 Å². The quantitative estimate of drug-likeness (QED) is 0.743. The molecule has 1 aliphatic heterocycles. The number of benzene rings is 2. The van der Waals surface area contributed by atoms with Gasteiger partial charge in [-0.25, -0.2) is 4.98 Å². The first-order valence-corrected chi connectivity index (χ1v) is 9.26. The molecule has 2 heterocycles. The van der Waals surface area contributed by atoms with Crippen LogP contribution in [0.15, 0.2) is 60.8 Å². The van der Waals surface area contributed by atoms with E-state index in [1.807, 2.05) is 23.1 Å². The Morgan fingerprint density at radius 1 is 1.00 bits per heavy atom. The van der Waals surface area contributed by atoms with E-state index in [9.17, 15) is 4.79 Å². The topological polar surface area (TPSA) is 45.2 Å². The van der Waals surface area contributed by atoms with Crippen LogP contribution in [-0.2, 0) is 13.0 Å². The Kier molecular flexibility index (Phi) is 4.63. The number of anilines is 2. The van der Waals surface area contributed by atoms with Gasteiger partial charge in [-0.2, -0.15) is 0 Å². The minimum Gasteiger partial charge on any atom is -0.340 e. The molecule has 1 N–H and O–H groups in total. The van der Waals surface area contributed by atoms with E-state index >= 15 is 0 Å². The van der Waals surface area contributed by atoms with Gasteiger partial charge in [-0.15, -0.1) is 0 Å². The number of nitrogens with one attached hydrogen (secondary N) is 1. The molecule has 2 aromatic carbocycles. The smallest absolute Gasteiger partial charge is 0.254 e. The molecule has 4 rings (SSSR count). The van der Waals surface area contributed by atoms with Gasteiger partial charge in [-0.1, -0.05) is 30.3 Å². The molecule has 0 atom stereocenters. The maximum Gasteiger partial charge on any atom is 0.254 e. The van der Waals surface area contributed by atoms with Gasteiger partial charge in [0.15, 0.2) is 0 Å². The minimum absolute atomic E-state index is 0.0510. The van der Waals surface area contributed by atoms with Crippen molar-refractivity contribution in [3.63, 3.8) is 0 Å². The van der Waals surface area contributed by atoms with Crippen molar-refractivity contribution in [2.45, 2.75) is 26.8 Å². The molecule has 136 valence electrons. The summed E-state index contributed by atoms with van der Waals surface area (Å²) in [5.41, 5.74) is 6.69. The number of nitrogens with zero attached hydrogens (tertiary/aromatic N) is 2. The lowest BCUT2D eigenvalue weighted by Gasteiger charge is -2.29. The molecule has 27 heavy (non-hydrogen) atoms. The van der Waals surface area contributed by atoms with Gasteiger partial charge in [0.25, 0.3) is 5.91 Å². The average molecular weight is 357 g/mol. The Labute approximate surface area is 159 Å². The van der Waals surface area contributed by atoms with E-state index < -0.39 is 0 Å². The first-order valence-electron chi connectivity index (χ1n) is 9.26. The number of hydrogen-bond acceptors (Lipinski definition) is 3. The summed E-state index contributed by atoms with van der Waals surface area (Å²) in [6, 6.07) is 18.2. The van der Waals surface area contributed by atoms with Crippen molar-refractivity contribution >= 4 is 17.4 Å². The summed E-state index contributed by atoms with van der Waals surface area (Å²) in [6.07, 6.45) is 2.59. The van der Waals surface area contributed by atoms with Crippen LogP contribution in [0.1, 0.15) is 32.6 Å². The Morgan fingerprint density at radius 2 is 1.81 bits per heavy atom. The summed E-state index contributed by atoms with van der Waals surface area (Å²) in [5.74, 6) is 0.733. The van der Waals surface area contributed by atoms with E-state index in [1.165, 1.54) is 22.3 Å². The van der Waals surface area contributed by atoms with Crippen molar-refractivity contribution in [2.24, 2.45) is 0 Å². The first kappa shape index (κ1) is 17.3. The molecule has 1 amide bonds. The fraction of sp³-hybridized carbons (Fsp3) is 0.217. The van der Waals surface area contributed by atoms with Gasteiger partial charge >= 0.3 is 0 Å². The summed E-state index contributed by atoms with van der Waals surface area (Å²) in [5, 5.41) is 3.30. The maximum atomic E-state index is 13.0. The largest absolute Gasteiger partial charge is 0.340 e. The highest BCUT2D eigenvalue weighted by molar-refractivity contribution is 5.95. The van der Waals surface area contributed by atoms with Gasteiger partial charge in [-0.05, 0) is 66.8 Å². The fourth-order valence-corrected chi connectivity index (χ4v) is 3.45. The predicted molar refractivity (Wildman–Crippen MR) is 108 cm³/mol. The number of carbonyl (C=O) groups is 1. The number of pyridine rings is 1. The molecule has 0 spiro atoms. The SMILES string of the molecule is Cc1ccc(Nc2cc(C(=O)N3CCc4ccccc4C3)ccn2)cc1C. The summed E-state index contributed by atoms with van der Waals surface area (Å²) in [4.78, 5) is 19.3. The van der Waals surface area contributed by atoms with Gasteiger partial charge in [-0.3, -0.25) is 4.79 Å². The van der Waals surface area contributed by atoms with Crippen LogP contribution in [0, 0.1) is 13.8 Å². The number of aryl methyl sites for hydroxylation is 2. The average Bonchev–Trinajstić information content (AvgIpc) is 2.70. The highest BCUT2D eigenvalue weighted by Gasteiger charge is 2.21. The van der Waals surface area contributed by atoms with Gasteiger partial charge in [0.2, 0.25) is 0 Å². The summed E-state index contributed by atoms with van der Waals surface area (Å²) < 4.78 is 0. The highest BCUT2D eigenvalue weighted by atomic mass is 16.2. The van der Waals surface area contributed by atoms with Crippen LogP contribution < -0.4 is 5.32 Å². The summed E-state index contributed by atoms with van der Waals surface area (Å²) in [6.45, 7) is 5.59. The molecule has 3 aromatic rings. The Bertz CT molecular complexity index is 996. The molecule has 0 saturated heterocycles. The highest BCUT2D eigenvalue weighted by Crippen LogP contribution is 2.22. The summed E-state index contributed by atoms with van der Waals surface area (Å²) in [7, 11) is 0. The van der Waals surface area contributed by atoms with Crippen molar-refractivity contribution < 1.29 is 4.79 Å². The second-order valence-corrected chi connectivity index (χ2v) is 7.10. The minimum atomic E-state index is 0.0510. The van der Waals surface area contributed by atoms with E-state index in [2.05, 4.69) is 54.5 Å². The molecule has 4 nitrogen and oxygen atoms in total. The van der Waals surface area contributed by atoms with E-state index in [0.717, 1.165) is 18.7 Å². The lowest BCUT2D eigenvalue weighted by atomic mass is 9.99. The maximum absolute atomic E-state index is 13.0. The predicted octanol–water partition coefficient (Wildman–Crippen LogP) is 4.64. The molecule has 4 heteroatoms. The standard InChI is InChI=1S/C23H23N3O/c1-16-7-8-21(13-17(16)2)25-22-14-19(9-11-24-22)23(27)26-12-10-18-5-3-4-6-20(18)15-26/h3-9,11,13-14H,10,12,15H2,1-2H3,(H,24,25). The molecule has 0 radical (unpaired) electrons. The van der Waals surface area contributed by atoms with Crippen molar-refractivity contribution in [3.05, 3.63) is 88.6 Å². The third-order valence-corrected chi connectivity index (χ3v) is 5.20. The fourth-order valence-electron chi connectivity index (χ4n) is 3.45. The number of amides is 1. The Morgan fingerprint density at radius 3 is 2.63 bits per heavy atom. The van der Waals surface area contributed by atoms with Crippen LogP contribution in [0.3, 0.4) is 0 Å². The second-order valence-electron chi connectivity index (χ2n) is 7.10. The monoisotopic (exact) mass is 357 g/mol. The molecule has 1 aliphatic rings. The Hall–Kier alpha value is -3.14. The van der Waals surface area contributed by atoms with Crippen molar-refractivity contribution in [1.29, 1.82) is 0 Å². The van der Waals surface area contributed by atoms with Crippen LogP contribution >= 0.6 is 0 Å².